The van der Waals surface area contributed by atoms with Crippen molar-refractivity contribution in [3.8, 4) is 0 Å². The molecule has 0 rings (SSSR count). The predicted octanol–water partition coefficient (Wildman–Crippen LogP) is 7.62. The Morgan fingerprint density at radius 1 is 0.381 bits per heavy atom. The van der Waals surface area contributed by atoms with Crippen molar-refractivity contribution in [3.63, 3.8) is 0 Å². The topological polar surface area (TPSA) is 0 Å². The fourth-order valence-corrected chi connectivity index (χ4v) is 25.3. The van der Waals surface area contributed by atoms with Crippen LogP contribution in [0.2, 0.25) is 21.0 Å². The zero-order valence-electron chi connectivity index (χ0n) is 17.3. The molecule has 0 amide bonds. The molecular formula is C20H44Ge. The van der Waals surface area contributed by atoms with Gasteiger partial charge in [0.15, 0.2) is 0 Å². The minimum absolute atomic E-state index is 0.474. The summed E-state index contributed by atoms with van der Waals surface area (Å²) in [6, 6.07) is 0. The molecule has 0 aromatic rings. The van der Waals surface area contributed by atoms with Gasteiger partial charge >= 0.3 is 139 Å². The van der Waals surface area contributed by atoms with E-state index in [-0.39, 0.29) is 0 Å². The second kappa shape index (κ2) is 6.58. The molecule has 0 N–H and O–H groups in total. The number of hydrogen-bond donors (Lipinski definition) is 0. The van der Waals surface area contributed by atoms with Crippen LogP contribution in [-0.2, 0) is 0 Å². The molecule has 0 aromatic heterocycles. The van der Waals surface area contributed by atoms with E-state index < -0.39 is 13.3 Å². The number of rotatable bonds is 4. The summed E-state index contributed by atoms with van der Waals surface area (Å²) < 4.78 is 0. The van der Waals surface area contributed by atoms with Crippen LogP contribution in [0.15, 0.2) is 0 Å². The Balaban J connectivity index is 5.70. The molecule has 1 heteroatoms. The van der Waals surface area contributed by atoms with E-state index in [1.165, 1.54) is 21.0 Å². The predicted molar refractivity (Wildman–Crippen MR) is 103 cm³/mol. The summed E-state index contributed by atoms with van der Waals surface area (Å²) in [5.74, 6) is 0. The first-order valence-electron chi connectivity index (χ1n) is 8.83. The van der Waals surface area contributed by atoms with Gasteiger partial charge in [-0.2, -0.15) is 0 Å². The van der Waals surface area contributed by atoms with Gasteiger partial charge in [-0.3, -0.25) is 0 Å². The van der Waals surface area contributed by atoms with Crippen molar-refractivity contribution in [3.05, 3.63) is 0 Å². The zero-order valence-corrected chi connectivity index (χ0v) is 19.4. The fourth-order valence-electron chi connectivity index (χ4n) is 4.87. The van der Waals surface area contributed by atoms with Gasteiger partial charge in [0.05, 0.1) is 0 Å². The third-order valence-electron chi connectivity index (χ3n) is 3.62. The van der Waals surface area contributed by atoms with Gasteiger partial charge in [-0.15, -0.1) is 0 Å². The molecule has 0 saturated heterocycles. The quantitative estimate of drug-likeness (QED) is 0.454. The molecule has 0 heterocycles. The molecule has 0 radical (unpaired) electrons. The summed E-state index contributed by atoms with van der Waals surface area (Å²) in [6.07, 6.45) is 0. The third-order valence-corrected chi connectivity index (χ3v) is 18.8. The molecular weight excluding hydrogens is 313 g/mol. The second-order valence-electron chi connectivity index (χ2n) is 12.4. The Bertz CT molecular complexity index is 242. The molecule has 0 fully saturated rings. The maximum atomic E-state index is 2.46. The van der Waals surface area contributed by atoms with Gasteiger partial charge in [0, 0.05) is 0 Å². The molecule has 0 bridgehead atoms. The van der Waals surface area contributed by atoms with Crippen molar-refractivity contribution >= 4 is 13.3 Å². The standard InChI is InChI=1S/C20H44Ge/c1-17(2,3)13-21(14-18(4,5)6,15-19(7,8)9)16-20(10,11)12/h13-16H2,1-12H3. The van der Waals surface area contributed by atoms with Gasteiger partial charge < -0.3 is 0 Å². The van der Waals surface area contributed by atoms with Crippen LogP contribution >= 0.6 is 0 Å². The van der Waals surface area contributed by atoms with Crippen LogP contribution in [0.3, 0.4) is 0 Å². The van der Waals surface area contributed by atoms with E-state index >= 15 is 0 Å². The summed E-state index contributed by atoms with van der Waals surface area (Å²) in [5, 5.41) is 6.05. The van der Waals surface area contributed by atoms with E-state index in [9.17, 15) is 0 Å². The summed E-state index contributed by atoms with van der Waals surface area (Å²) in [5.41, 5.74) is 1.90. The minimum atomic E-state index is -1.96. The molecule has 0 aliphatic carbocycles. The first kappa shape index (κ1) is 21.5. The Kier molecular flexibility index (Phi) is 6.75. The fraction of sp³-hybridized carbons (Fsp3) is 1.00. The molecule has 0 aromatic carbocycles. The normalized spacial score (nSPS) is 15.4. The Morgan fingerprint density at radius 2 is 0.524 bits per heavy atom. The Morgan fingerprint density at radius 3 is 0.619 bits per heavy atom. The molecule has 0 aliphatic rings. The molecule has 21 heavy (non-hydrogen) atoms. The summed E-state index contributed by atoms with van der Waals surface area (Å²) >= 11 is -1.96. The van der Waals surface area contributed by atoms with Crippen LogP contribution in [0.1, 0.15) is 83.1 Å². The van der Waals surface area contributed by atoms with E-state index in [4.69, 9.17) is 0 Å². The molecule has 0 saturated carbocycles. The third kappa shape index (κ3) is 11.7. The average molecular weight is 357 g/mol. The van der Waals surface area contributed by atoms with Crippen LogP contribution in [0.4, 0.5) is 0 Å². The van der Waals surface area contributed by atoms with Crippen molar-refractivity contribution in [2.24, 2.45) is 21.7 Å². The van der Waals surface area contributed by atoms with Crippen LogP contribution < -0.4 is 0 Å². The van der Waals surface area contributed by atoms with E-state index in [1.54, 1.807) is 0 Å². The molecule has 128 valence electrons. The van der Waals surface area contributed by atoms with Gasteiger partial charge in [-0.05, 0) is 0 Å². The molecule has 0 unspecified atom stereocenters. The van der Waals surface area contributed by atoms with Crippen LogP contribution in [0, 0.1) is 21.7 Å². The average Bonchev–Trinajstić information content (AvgIpc) is 1.83. The molecule has 0 atom stereocenters. The first-order valence-corrected chi connectivity index (χ1v) is 14.8. The summed E-state index contributed by atoms with van der Waals surface area (Å²) in [7, 11) is 0. The monoisotopic (exact) mass is 358 g/mol. The number of hydrogen-bond acceptors (Lipinski definition) is 0. The maximum absolute atomic E-state index is 2.46. The summed E-state index contributed by atoms with van der Waals surface area (Å²) in [4.78, 5) is 0. The van der Waals surface area contributed by atoms with E-state index in [0.717, 1.165) is 0 Å². The molecule has 0 spiro atoms. The zero-order chi connectivity index (χ0) is 17.3. The van der Waals surface area contributed by atoms with Crippen molar-refractivity contribution < 1.29 is 0 Å². The Hall–Kier alpha value is 0.543. The van der Waals surface area contributed by atoms with Crippen LogP contribution in [0.5, 0.6) is 0 Å². The van der Waals surface area contributed by atoms with Crippen molar-refractivity contribution in [1.29, 1.82) is 0 Å². The van der Waals surface area contributed by atoms with E-state index in [1.807, 2.05) is 0 Å². The van der Waals surface area contributed by atoms with Gasteiger partial charge in [0.25, 0.3) is 0 Å². The van der Waals surface area contributed by atoms with Crippen molar-refractivity contribution in [2.45, 2.75) is 104 Å². The molecule has 0 nitrogen and oxygen atoms in total. The van der Waals surface area contributed by atoms with Gasteiger partial charge in [0.2, 0.25) is 0 Å². The Labute approximate surface area is 139 Å². The van der Waals surface area contributed by atoms with Crippen molar-refractivity contribution in [1.82, 2.24) is 0 Å². The van der Waals surface area contributed by atoms with E-state index in [0.29, 0.717) is 21.7 Å². The second-order valence-corrected chi connectivity index (χ2v) is 21.7. The van der Waals surface area contributed by atoms with E-state index in [2.05, 4.69) is 83.1 Å². The van der Waals surface area contributed by atoms with Gasteiger partial charge in [-0.25, -0.2) is 0 Å². The molecule has 0 aliphatic heterocycles. The van der Waals surface area contributed by atoms with Gasteiger partial charge in [0.1, 0.15) is 0 Å². The van der Waals surface area contributed by atoms with Crippen molar-refractivity contribution in [2.75, 3.05) is 0 Å². The van der Waals surface area contributed by atoms with Gasteiger partial charge in [-0.1, -0.05) is 0 Å². The van der Waals surface area contributed by atoms with Crippen LogP contribution in [0.25, 0.3) is 0 Å². The van der Waals surface area contributed by atoms with Crippen LogP contribution in [-0.4, -0.2) is 13.3 Å². The summed E-state index contributed by atoms with van der Waals surface area (Å²) in [6.45, 7) is 29.5. The first-order chi connectivity index (χ1) is 8.83. The SMILES string of the molecule is CC(C)(C)[CH2][Ge]([CH2]C(C)(C)C)([CH2]C(C)(C)C)[CH2]C(C)(C)C.